The van der Waals surface area contributed by atoms with Crippen LogP contribution in [0.15, 0.2) is 24.3 Å². The van der Waals surface area contributed by atoms with Gasteiger partial charge in [0, 0.05) is 12.1 Å². The summed E-state index contributed by atoms with van der Waals surface area (Å²) in [7, 11) is 1.99. The van der Waals surface area contributed by atoms with Crippen molar-refractivity contribution in [3.63, 3.8) is 0 Å². The highest BCUT2D eigenvalue weighted by molar-refractivity contribution is 5.26. The summed E-state index contributed by atoms with van der Waals surface area (Å²) in [5, 5.41) is 9.23. The van der Waals surface area contributed by atoms with E-state index in [1.165, 1.54) is 5.56 Å². The van der Waals surface area contributed by atoms with Gasteiger partial charge in [-0.15, -0.1) is 0 Å². The Balaban J connectivity index is 2.35. The van der Waals surface area contributed by atoms with Crippen LogP contribution in [0.4, 0.5) is 0 Å². The number of hydrogen-bond donors (Lipinski definition) is 1. The minimum atomic E-state index is -0.198. The fraction of sp³-hybridized carbons (Fsp3) is 0.571. The van der Waals surface area contributed by atoms with Crippen LogP contribution in [0.1, 0.15) is 19.4 Å². The Bertz CT molecular complexity index is 333. The van der Waals surface area contributed by atoms with E-state index in [0.29, 0.717) is 6.61 Å². The smallest absolute Gasteiger partial charge is 0.119 e. The van der Waals surface area contributed by atoms with Gasteiger partial charge in [0.2, 0.25) is 0 Å². The Morgan fingerprint density at radius 2 is 1.82 bits per heavy atom. The zero-order valence-electron chi connectivity index (χ0n) is 11.2. The van der Waals surface area contributed by atoms with Crippen molar-refractivity contribution in [3.05, 3.63) is 29.8 Å². The monoisotopic (exact) mass is 237 g/mol. The molecule has 96 valence electrons. The van der Waals surface area contributed by atoms with Gasteiger partial charge in [0.05, 0.1) is 6.61 Å². The summed E-state index contributed by atoms with van der Waals surface area (Å²) in [5.74, 6) is 0.894. The summed E-state index contributed by atoms with van der Waals surface area (Å²) in [6, 6.07) is 8.03. The third-order valence-corrected chi connectivity index (χ3v) is 3.14. The maximum atomic E-state index is 9.23. The van der Waals surface area contributed by atoms with Crippen LogP contribution in [0.2, 0.25) is 0 Å². The van der Waals surface area contributed by atoms with Gasteiger partial charge in [0.1, 0.15) is 12.4 Å². The van der Waals surface area contributed by atoms with Crippen LogP contribution < -0.4 is 4.74 Å². The molecule has 0 saturated carbocycles. The minimum absolute atomic E-state index is 0.147. The molecule has 0 unspecified atom stereocenters. The average molecular weight is 237 g/mol. The zero-order valence-corrected chi connectivity index (χ0v) is 11.2. The van der Waals surface area contributed by atoms with E-state index in [1.54, 1.807) is 0 Å². The lowest BCUT2D eigenvalue weighted by atomic mass is 10.1. The Morgan fingerprint density at radius 1 is 1.24 bits per heavy atom. The second-order valence-electron chi connectivity index (χ2n) is 5.05. The van der Waals surface area contributed by atoms with Gasteiger partial charge in [-0.1, -0.05) is 17.7 Å². The lowest BCUT2D eigenvalue weighted by Crippen LogP contribution is -2.45. The molecule has 0 saturated heterocycles. The maximum absolute atomic E-state index is 9.23. The predicted molar refractivity (Wildman–Crippen MR) is 70.5 cm³/mol. The van der Waals surface area contributed by atoms with Crippen LogP contribution >= 0.6 is 0 Å². The molecule has 1 aromatic rings. The lowest BCUT2D eigenvalue weighted by Gasteiger charge is -2.33. The van der Waals surface area contributed by atoms with Crippen molar-refractivity contribution in [1.82, 2.24) is 4.90 Å². The molecule has 0 aliphatic rings. The molecule has 0 fully saturated rings. The molecule has 0 aliphatic carbocycles. The molecule has 1 N–H and O–H groups in total. The molecule has 3 nitrogen and oxygen atoms in total. The van der Waals surface area contributed by atoms with Crippen LogP contribution in [-0.4, -0.2) is 42.4 Å². The second kappa shape index (κ2) is 6.03. The fourth-order valence-electron chi connectivity index (χ4n) is 1.36. The number of aryl methyl sites for hydroxylation is 1. The van der Waals surface area contributed by atoms with Crippen LogP contribution in [0.3, 0.4) is 0 Å². The van der Waals surface area contributed by atoms with E-state index in [1.807, 2.05) is 45.2 Å². The predicted octanol–water partition coefficient (Wildman–Crippen LogP) is 2.08. The summed E-state index contributed by atoms with van der Waals surface area (Å²) in [6.45, 7) is 7.65. The van der Waals surface area contributed by atoms with E-state index in [4.69, 9.17) is 4.74 Å². The first-order chi connectivity index (χ1) is 7.95. The highest BCUT2D eigenvalue weighted by atomic mass is 16.5. The van der Waals surface area contributed by atoms with Crippen molar-refractivity contribution in [2.75, 3.05) is 26.8 Å². The lowest BCUT2D eigenvalue weighted by molar-refractivity contribution is 0.0679. The van der Waals surface area contributed by atoms with Crippen molar-refractivity contribution in [2.45, 2.75) is 26.3 Å². The van der Waals surface area contributed by atoms with E-state index in [2.05, 4.69) is 11.8 Å². The van der Waals surface area contributed by atoms with Crippen LogP contribution in [0.5, 0.6) is 5.75 Å². The number of benzene rings is 1. The van der Waals surface area contributed by atoms with Crippen LogP contribution in [0.25, 0.3) is 0 Å². The highest BCUT2D eigenvalue weighted by Gasteiger charge is 2.21. The van der Waals surface area contributed by atoms with Gasteiger partial charge in [-0.25, -0.2) is 0 Å². The van der Waals surface area contributed by atoms with Crippen molar-refractivity contribution >= 4 is 0 Å². The van der Waals surface area contributed by atoms with Gasteiger partial charge < -0.3 is 9.84 Å². The van der Waals surface area contributed by atoms with E-state index in [-0.39, 0.29) is 12.1 Å². The average Bonchev–Trinajstić information content (AvgIpc) is 2.31. The molecule has 0 radical (unpaired) electrons. The van der Waals surface area contributed by atoms with Gasteiger partial charge in [-0.3, -0.25) is 4.90 Å². The molecule has 0 aliphatic heterocycles. The molecule has 0 aromatic heterocycles. The van der Waals surface area contributed by atoms with E-state index >= 15 is 0 Å². The number of aliphatic hydroxyl groups excluding tert-OH is 1. The van der Waals surface area contributed by atoms with E-state index in [0.717, 1.165) is 12.3 Å². The molecule has 1 rings (SSSR count). The van der Waals surface area contributed by atoms with Crippen molar-refractivity contribution in [3.8, 4) is 5.75 Å². The Morgan fingerprint density at radius 3 is 2.35 bits per heavy atom. The van der Waals surface area contributed by atoms with Gasteiger partial charge in [0.15, 0.2) is 0 Å². The molecule has 0 amide bonds. The number of nitrogens with zero attached hydrogens (tertiary/aromatic N) is 1. The summed E-state index contributed by atoms with van der Waals surface area (Å²) >= 11 is 0. The van der Waals surface area contributed by atoms with Crippen LogP contribution in [0, 0.1) is 6.92 Å². The molecule has 0 bridgehead atoms. The fourth-order valence-corrected chi connectivity index (χ4v) is 1.36. The summed E-state index contributed by atoms with van der Waals surface area (Å²) in [5.41, 5.74) is 1.03. The molecule has 0 heterocycles. The second-order valence-corrected chi connectivity index (χ2v) is 5.05. The largest absolute Gasteiger partial charge is 0.492 e. The Kier molecular flexibility index (Phi) is 4.97. The van der Waals surface area contributed by atoms with Gasteiger partial charge >= 0.3 is 0 Å². The topological polar surface area (TPSA) is 32.7 Å². The third-order valence-electron chi connectivity index (χ3n) is 3.14. The number of ether oxygens (including phenoxy) is 1. The molecule has 1 aromatic carbocycles. The number of hydrogen-bond acceptors (Lipinski definition) is 3. The molecule has 0 spiro atoms. The molecule has 17 heavy (non-hydrogen) atoms. The Hall–Kier alpha value is -1.06. The summed E-state index contributed by atoms with van der Waals surface area (Å²) < 4.78 is 5.65. The third kappa shape index (κ3) is 4.36. The normalized spacial score (nSPS) is 11.9. The van der Waals surface area contributed by atoms with Crippen molar-refractivity contribution < 1.29 is 9.84 Å². The minimum Gasteiger partial charge on any atom is -0.492 e. The number of rotatable bonds is 6. The quantitative estimate of drug-likeness (QED) is 0.822. The van der Waals surface area contributed by atoms with E-state index in [9.17, 15) is 5.11 Å². The summed E-state index contributed by atoms with van der Waals surface area (Å²) in [6.07, 6.45) is 0. The Labute approximate surface area is 104 Å². The first kappa shape index (κ1) is 14.0. The highest BCUT2D eigenvalue weighted by Crippen LogP contribution is 2.13. The summed E-state index contributed by atoms with van der Waals surface area (Å²) in [4.78, 5) is 2.10. The van der Waals surface area contributed by atoms with Crippen molar-refractivity contribution in [1.29, 1.82) is 0 Å². The van der Waals surface area contributed by atoms with Gasteiger partial charge in [-0.2, -0.15) is 0 Å². The number of likely N-dealkylation sites (N-methyl/N-ethyl adjacent to an activating group) is 1. The first-order valence-electron chi connectivity index (χ1n) is 5.97. The van der Waals surface area contributed by atoms with Crippen LogP contribution in [-0.2, 0) is 0 Å². The van der Waals surface area contributed by atoms with Gasteiger partial charge in [0.25, 0.3) is 0 Å². The maximum Gasteiger partial charge on any atom is 0.119 e. The van der Waals surface area contributed by atoms with Gasteiger partial charge in [-0.05, 0) is 40.0 Å². The first-order valence-corrected chi connectivity index (χ1v) is 5.97. The molecular weight excluding hydrogens is 214 g/mol. The van der Waals surface area contributed by atoms with Crippen molar-refractivity contribution in [2.24, 2.45) is 0 Å². The molecule has 3 heteroatoms. The van der Waals surface area contributed by atoms with E-state index < -0.39 is 0 Å². The number of aliphatic hydroxyl groups is 1. The molecular formula is C14H23NO2. The molecule has 0 atom stereocenters. The zero-order chi connectivity index (χ0) is 12.9. The SMILES string of the molecule is Cc1ccc(OCCN(C)C(C)(C)CO)cc1. The standard InChI is InChI=1S/C14H23NO2/c1-12-5-7-13(8-6-12)17-10-9-15(4)14(2,3)11-16/h5-8,16H,9-11H2,1-4H3.